The zero-order chi connectivity index (χ0) is 12.8. The second kappa shape index (κ2) is 4.32. The van der Waals surface area contributed by atoms with Crippen LogP contribution in [0.5, 0.6) is 0 Å². The van der Waals surface area contributed by atoms with E-state index < -0.39 is 0 Å². The average molecular weight is 256 g/mol. The highest BCUT2D eigenvalue weighted by Crippen LogP contribution is 2.41. The summed E-state index contributed by atoms with van der Waals surface area (Å²) in [5, 5.41) is 0. The predicted octanol–water partition coefficient (Wildman–Crippen LogP) is 2.69. The molecule has 0 spiro atoms. The van der Waals surface area contributed by atoms with Gasteiger partial charge >= 0.3 is 0 Å². The number of Topliss-reactive ketones (excluding diaryl/α,β-unsaturated/α-hetero) is 1. The number of allylic oxidation sites excluding steroid dienone is 3. The van der Waals surface area contributed by atoms with Crippen molar-refractivity contribution in [2.24, 2.45) is 16.8 Å². The third-order valence-electron chi connectivity index (χ3n) is 5.12. The molecule has 0 bridgehead atoms. The first-order valence-corrected chi connectivity index (χ1v) is 7.60. The normalized spacial score (nSPS) is 33.6. The van der Waals surface area contributed by atoms with Crippen molar-refractivity contribution in [3.63, 3.8) is 0 Å². The molecule has 2 unspecified atom stereocenters. The summed E-state index contributed by atoms with van der Waals surface area (Å²) in [5.74, 6) is 1.25. The SMILES string of the molecule is O=C1C2=NC=CCC2CN2CCC3CCCCC3=C12. The van der Waals surface area contributed by atoms with Crippen molar-refractivity contribution in [3.05, 3.63) is 23.5 Å². The minimum absolute atomic E-state index is 0.238. The largest absolute Gasteiger partial charge is 0.368 e. The highest BCUT2D eigenvalue weighted by Gasteiger charge is 2.41. The highest BCUT2D eigenvalue weighted by molar-refractivity contribution is 6.47. The van der Waals surface area contributed by atoms with Crippen molar-refractivity contribution in [2.45, 2.75) is 38.5 Å². The van der Waals surface area contributed by atoms with Gasteiger partial charge in [-0.3, -0.25) is 9.79 Å². The van der Waals surface area contributed by atoms with E-state index >= 15 is 0 Å². The van der Waals surface area contributed by atoms with Gasteiger partial charge in [-0.05, 0) is 43.6 Å². The van der Waals surface area contributed by atoms with Crippen LogP contribution >= 0.6 is 0 Å². The minimum atomic E-state index is 0.238. The molecule has 0 aromatic carbocycles. The minimum Gasteiger partial charge on any atom is -0.368 e. The second-order valence-electron chi connectivity index (χ2n) is 6.21. The summed E-state index contributed by atoms with van der Waals surface area (Å²) in [6.07, 6.45) is 11.1. The maximum absolute atomic E-state index is 12.8. The molecule has 1 aliphatic carbocycles. The number of carbonyl (C=O) groups is 1. The molecule has 1 saturated heterocycles. The summed E-state index contributed by atoms with van der Waals surface area (Å²) >= 11 is 0. The van der Waals surface area contributed by atoms with Gasteiger partial charge in [-0.2, -0.15) is 0 Å². The molecule has 3 heteroatoms. The maximum atomic E-state index is 12.8. The molecule has 19 heavy (non-hydrogen) atoms. The van der Waals surface area contributed by atoms with E-state index in [1.807, 2.05) is 6.20 Å². The van der Waals surface area contributed by atoms with Crippen LogP contribution in [0, 0.1) is 11.8 Å². The van der Waals surface area contributed by atoms with Crippen molar-refractivity contribution >= 4 is 11.5 Å². The Balaban J connectivity index is 1.78. The Morgan fingerprint density at radius 3 is 3.11 bits per heavy atom. The van der Waals surface area contributed by atoms with E-state index in [-0.39, 0.29) is 5.78 Å². The third kappa shape index (κ3) is 1.71. The van der Waals surface area contributed by atoms with E-state index in [9.17, 15) is 4.79 Å². The lowest BCUT2D eigenvalue weighted by atomic mass is 9.75. The Kier molecular flexibility index (Phi) is 2.61. The van der Waals surface area contributed by atoms with Gasteiger partial charge in [0.05, 0.1) is 11.4 Å². The van der Waals surface area contributed by atoms with Gasteiger partial charge in [0.1, 0.15) is 0 Å². The van der Waals surface area contributed by atoms with Crippen LogP contribution in [0.1, 0.15) is 38.5 Å². The Labute approximate surface area is 114 Å². The van der Waals surface area contributed by atoms with Gasteiger partial charge in [-0.1, -0.05) is 12.5 Å². The number of hydrogen-bond donors (Lipinski definition) is 0. The molecular formula is C16H20N2O. The quantitative estimate of drug-likeness (QED) is 0.667. The van der Waals surface area contributed by atoms with Gasteiger partial charge < -0.3 is 4.90 Å². The number of aliphatic imine (C=N–C) groups is 1. The fourth-order valence-corrected chi connectivity index (χ4v) is 4.18. The van der Waals surface area contributed by atoms with Crippen LogP contribution < -0.4 is 0 Å². The summed E-state index contributed by atoms with van der Waals surface area (Å²) in [6.45, 7) is 2.07. The Bertz CT molecular complexity index is 515. The summed E-state index contributed by atoms with van der Waals surface area (Å²) in [7, 11) is 0. The summed E-state index contributed by atoms with van der Waals surface area (Å²) in [5.41, 5.74) is 3.33. The van der Waals surface area contributed by atoms with E-state index in [4.69, 9.17) is 0 Å². The first-order valence-electron chi connectivity index (χ1n) is 7.60. The van der Waals surface area contributed by atoms with Crippen molar-refractivity contribution in [1.82, 2.24) is 4.90 Å². The highest BCUT2D eigenvalue weighted by atomic mass is 16.1. The van der Waals surface area contributed by atoms with Gasteiger partial charge in [0.15, 0.2) is 0 Å². The number of piperidine rings is 1. The van der Waals surface area contributed by atoms with E-state index in [1.54, 1.807) is 0 Å². The monoisotopic (exact) mass is 256 g/mol. The molecule has 2 fully saturated rings. The molecule has 4 rings (SSSR count). The van der Waals surface area contributed by atoms with Crippen LogP contribution in [0.25, 0.3) is 0 Å². The summed E-state index contributed by atoms with van der Waals surface area (Å²) in [6, 6.07) is 0. The standard InChI is InChI=1S/C16H20N2O/c19-16-14-12(5-3-8-17-14)10-18-9-7-11-4-1-2-6-13(11)15(16)18/h3,8,11-12H,1-2,4-7,9-10H2. The molecule has 2 atom stereocenters. The average Bonchev–Trinajstić information content (AvgIpc) is 2.47. The lowest BCUT2D eigenvalue weighted by Gasteiger charge is -2.44. The summed E-state index contributed by atoms with van der Waals surface area (Å²) < 4.78 is 0. The van der Waals surface area contributed by atoms with Crippen molar-refractivity contribution in [3.8, 4) is 0 Å². The van der Waals surface area contributed by atoms with Crippen LogP contribution in [-0.2, 0) is 4.79 Å². The van der Waals surface area contributed by atoms with Crippen molar-refractivity contribution in [2.75, 3.05) is 13.1 Å². The van der Waals surface area contributed by atoms with Crippen LogP contribution in [0.3, 0.4) is 0 Å². The Morgan fingerprint density at radius 2 is 2.16 bits per heavy atom. The van der Waals surface area contributed by atoms with Crippen molar-refractivity contribution in [1.29, 1.82) is 0 Å². The van der Waals surface area contributed by atoms with Gasteiger partial charge in [-0.25, -0.2) is 0 Å². The topological polar surface area (TPSA) is 32.7 Å². The van der Waals surface area contributed by atoms with Gasteiger partial charge in [-0.15, -0.1) is 0 Å². The maximum Gasteiger partial charge on any atom is 0.223 e. The van der Waals surface area contributed by atoms with E-state index in [2.05, 4.69) is 16.0 Å². The third-order valence-corrected chi connectivity index (χ3v) is 5.12. The van der Waals surface area contributed by atoms with Crippen molar-refractivity contribution < 1.29 is 4.79 Å². The van der Waals surface area contributed by atoms with Gasteiger partial charge in [0.25, 0.3) is 0 Å². The zero-order valence-corrected chi connectivity index (χ0v) is 11.3. The fraction of sp³-hybridized carbons (Fsp3) is 0.625. The Hall–Kier alpha value is -1.38. The van der Waals surface area contributed by atoms with E-state index in [0.29, 0.717) is 11.8 Å². The molecule has 4 aliphatic rings. The molecule has 0 radical (unpaired) electrons. The lowest BCUT2D eigenvalue weighted by molar-refractivity contribution is -0.112. The Morgan fingerprint density at radius 1 is 1.21 bits per heavy atom. The molecule has 0 amide bonds. The smallest absolute Gasteiger partial charge is 0.223 e. The molecule has 0 N–H and O–H groups in total. The van der Waals surface area contributed by atoms with Gasteiger partial charge in [0.2, 0.25) is 5.78 Å². The molecule has 100 valence electrons. The summed E-state index contributed by atoms with van der Waals surface area (Å²) in [4.78, 5) is 19.5. The van der Waals surface area contributed by atoms with Crippen LogP contribution in [-0.4, -0.2) is 29.5 Å². The number of ketones is 1. The number of nitrogens with zero attached hydrogens (tertiary/aromatic N) is 2. The molecule has 3 aliphatic heterocycles. The first-order chi connectivity index (χ1) is 9.34. The van der Waals surface area contributed by atoms with Crippen LogP contribution in [0.15, 0.2) is 28.5 Å². The zero-order valence-electron chi connectivity index (χ0n) is 11.3. The van der Waals surface area contributed by atoms with Gasteiger partial charge in [0, 0.05) is 25.2 Å². The molecule has 3 heterocycles. The second-order valence-corrected chi connectivity index (χ2v) is 6.21. The predicted molar refractivity (Wildman–Crippen MR) is 74.9 cm³/mol. The van der Waals surface area contributed by atoms with E-state index in [1.165, 1.54) is 31.3 Å². The molecule has 0 aromatic heterocycles. The number of carbonyl (C=O) groups excluding carboxylic acids is 1. The lowest BCUT2D eigenvalue weighted by Crippen LogP contribution is -2.49. The van der Waals surface area contributed by atoms with E-state index in [0.717, 1.165) is 37.3 Å². The number of hydrogen-bond acceptors (Lipinski definition) is 3. The van der Waals surface area contributed by atoms with Crippen LogP contribution in [0.4, 0.5) is 0 Å². The number of rotatable bonds is 0. The number of fused-ring (bicyclic) bond motifs is 3. The molecule has 1 saturated carbocycles. The van der Waals surface area contributed by atoms with Crippen LogP contribution in [0.2, 0.25) is 0 Å². The molecule has 3 nitrogen and oxygen atoms in total. The first kappa shape index (κ1) is 11.4. The molecule has 0 aromatic rings. The fourth-order valence-electron chi connectivity index (χ4n) is 4.18. The molecular weight excluding hydrogens is 236 g/mol.